The van der Waals surface area contributed by atoms with Crippen LogP contribution < -0.4 is 4.74 Å². The molecule has 0 aromatic heterocycles. The molecule has 2 aromatic rings. The molecule has 0 spiro atoms. The number of hydrogen-bond acceptors (Lipinski definition) is 3. The molecule has 0 N–H and O–H groups in total. The van der Waals surface area contributed by atoms with Crippen molar-refractivity contribution in [2.45, 2.75) is 5.33 Å². The van der Waals surface area contributed by atoms with Crippen molar-refractivity contribution >= 4 is 53.5 Å². The fourth-order valence-corrected chi connectivity index (χ4v) is 2.73. The summed E-state index contributed by atoms with van der Waals surface area (Å²) in [6.45, 7) is 0. The number of nitro groups is 1. The van der Waals surface area contributed by atoms with Gasteiger partial charge in [0.15, 0.2) is 0 Å². The quantitative estimate of drug-likeness (QED) is 0.325. The summed E-state index contributed by atoms with van der Waals surface area (Å²) in [5, 5.41) is 11.4. The smallest absolute Gasteiger partial charge is 0.273 e. The van der Waals surface area contributed by atoms with Gasteiger partial charge < -0.3 is 4.74 Å². The Kier molecular flexibility index (Phi) is 5.17. The number of non-ortho nitro benzene ring substituents is 1. The lowest BCUT2D eigenvalue weighted by atomic mass is 10.2. The van der Waals surface area contributed by atoms with Crippen LogP contribution in [-0.2, 0) is 5.33 Å². The van der Waals surface area contributed by atoms with Crippen LogP contribution in [0.25, 0.3) is 0 Å². The van der Waals surface area contributed by atoms with E-state index in [1.807, 2.05) is 18.2 Å². The van der Waals surface area contributed by atoms with Crippen LogP contribution in [-0.4, -0.2) is 4.92 Å². The molecule has 0 amide bonds. The van der Waals surface area contributed by atoms with E-state index in [4.69, 9.17) is 4.74 Å². The lowest BCUT2D eigenvalue weighted by Crippen LogP contribution is -1.93. The van der Waals surface area contributed by atoms with Crippen LogP contribution in [0, 0.1) is 10.1 Å². The number of alkyl halides is 1. The average Bonchev–Trinajstić information content (AvgIpc) is 2.42. The van der Waals surface area contributed by atoms with Gasteiger partial charge in [0.1, 0.15) is 11.5 Å². The van der Waals surface area contributed by atoms with Crippen LogP contribution in [0.2, 0.25) is 0 Å². The van der Waals surface area contributed by atoms with Gasteiger partial charge in [-0.05, 0) is 40.2 Å². The summed E-state index contributed by atoms with van der Waals surface area (Å²) in [5.74, 6) is 1.05. The molecule has 20 heavy (non-hydrogen) atoms. The van der Waals surface area contributed by atoms with Crippen molar-refractivity contribution in [3.63, 3.8) is 0 Å². The summed E-state index contributed by atoms with van der Waals surface area (Å²) in [7, 11) is 0. The van der Waals surface area contributed by atoms with Crippen molar-refractivity contribution < 1.29 is 9.66 Å². The maximum Gasteiger partial charge on any atom is 0.273 e. The van der Waals surface area contributed by atoms with Gasteiger partial charge >= 0.3 is 0 Å². The van der Waals surface area contributed by atoms with Crippen molar-refractivity contribution in [2.75, 3.05) is 0 Å². The monoisotopic (exact) mass is 463 g/mol. The average molecular weight is 466 g/mol. The summed E-state index contributed by atoms with van der Waals surface area (Å²) in [6.07, 6.45) is 0. The number of halogens is 3. The Labute approximate surface area is 140 Å². The molecule has 0 aliphatic carbocycles. The molecule has 0 saturated heterocycles. The van der Waals surface area contributed by atoms with Crippen molar-refractivity contribution in [2.24, 2.45) is 0 Å². The predicted molar refractivity (Wildman–Crippen MR) is 87.6 cm³/mol. The lowest BCUT2D eigenvalue weighted by Gasteiger charge is -2.11. The molecule has 0 aliphatic rings. The topological polar surface area (TPSA) is 52.4 Å². The van der Waals surface area contributed by atoms with E-state index in [1.54, 1.807) is 6.07 Å². The molecule has 104 valence electrons. The molecule has 0 aliphatic heterocycles. The van der Waals surface area contributed by atoms with E-state index in [0.29, 0.717) is 21.3 Å². The molecule has 0 bridgehead atoms. The highest BCUT2D eigenvalue weighted by Crippen LogP contribution is 2.35. The lowest BCUT2D eigenvalue weighted by molar-refractivity contribution is -0.384. The number of hydrogen-bond donors (Lipinski definition) is 0. The second-order valence-electron chi connectivity index (χ2n) is 3.86. The van der Waals surface area contributed by atoms with E-state index in [9.17, 15) is 10.1 Å². The molecule has 2 rings (SSSR count). The van der Waals surface area contributed by atoms with Crippen molar-refractivity contribution in [1.29, 1.82) is 0 Å². The molecule has 0 radical (unpaired) electrons. The summed E-state index contributed by atoms with van der Waals surface area (Å²) in [6, 6.07) is 10.0. The van der Waals surface area contributed by atoms with Gasteiger partial charge in [0.25, 0.3) is 5.69 Å². The second kappa shape index (κ2) is 6.69. The fourth-order valence-electron chi connectivity index (χ4n) is 1.55. The highest BCUT2D eigenvalue weighted by molar-refractivity contribution is 9.11. The van der Waals surface area contributed by atoms with Crippen LogP contribution in [0.15, 0.2) is 45.3 Å². The number of rotatable bonds is 4. The summed E-state index contributed by atoms with van der Waals surface area (Å²) in [5.41, 5.74) is 0.929. The third-order valence-corrected chi connectivity index (χ3v) is 4.26. The Morgan fingerprint density at radius 2 is 1.85 bits per heavy atom. The molecule has 0 atom stereocenters. The zero-order valence-corrected chi connectivity index (χ0v) is 14.7. The number of nitrogens with zero attached hydrogens (tertiary/aromatic N) is 1. The SMILES string of the molecule is O=[N+]([O-])c1ccc(Br)c(Oc2ccc(Br)cc2CBr)c1. The Morgan fingerprint density at radius 3 is 2.50 bits per heavy atom. The Morgan fingerprint density at radius 1 is 1.10 bits per heavy atom. The van der Waals surface area contributed by atoms with Crippen LogP contribution in [0.4, 0.5) is 5.69 Å². The van der Waals surface area contributed by atoms with E-state index in [1.165, 1.54) is 12.1 Å². The minimum absolute atomic E-state index is 0.0132. The van der Waals surface area contributed by atoms with Crippen LogP contribution in [0.5, 0.6) is 11.5 Å². The Bertz CT molecular complexity index is 661. The molecule has 0 saturated carbocycles. The molecular weight excluding hydrogens is 458 g/mol. The molecular formula is C13H8Br3NO3. The van der Waals surface area contributed by atoms with Gasteiger partial charge in [-0.2, -0.15) is 0 Å². The van der Waals surface area contributed by atoms with Crippen LogP contribution in [0.3, 0.4) is 0 Å². The van der Waals surface area contributed by atoms with E-state index < -0.39 is 4.92 Å². The van der Waals surface area contributed by atoms with E-state index in [2.05, 4.69) is 47.8 Å². The number of nitro benzene ring substituents is 1. The van der Waals surface area contributed by atoms with Gasteiger partial charge in [-0.25, -0.2) is 0 Å². The van der Waals surface area contributed by atoms with Crippen molar-refractivity contribution in [1.82, 2.24) is 0 Å². The van der Waals surface area contributed by atoms with Crippen LogP contribution >= 0.6 is 47.8 Å². The maximum absolute atomic E-state index is 10.8. The van der Waals surface area contributed by atoms with Gasteiger partial charge in [-0.15, -0.1) is 0 Å². The van der Waals surface area contributed by atoms with Gasteiger partial charge in [0, 0.05) is 21.4 Å². The predicted octanol–water partition coefficient (Wildman–Crippen LogP) is 5.81. The van der Waals surface area contributed by atoms with E-state index in [-0.39, 0.29) is 5.69 Å². The molecule has 0 fully saturated rings. The zero-order valence-electron chi connectivity index (χ0n) is 9.98. The summed E-state index contributed by atoms with van der Waals surface area (Å²) < 4.78 is 7.38. The largest absolute Gasteiger partial charge is 0.456 e. The third-order valence-electron chi connectivity index (χ3n) is 2.51. The number of benzene rings is 2. The molecule has 7 heteroatoms. The first kappa shape index (κ1) is 15.5. The maximum atomic E-state index is 10.8. The van der Waals surface area contributed by atoms with Crippen molar-refractivity contribution in [3.05, 3.63) is 61.0 Å². The van der Waals surface area contributed by atoms with Crippen molar-refractivity contribution in [3.8, 4) is 11.5 Å². The molecule has 2 aromatic carbocycles. The number of ether oxygens (including phenoxy) is 1. The zero-order chi connectivity index (χ0) is 14.7. The van der Waals surface area contributed by atoms with Crippen LogP contribution in [0.1, 0.15) is 5.56 Å². The highest BCUT2D eigenvalue weighted by Gasteiger charge is 2.13. The normalized spacial score (nSPS) is 10.3. The summed E-state index contributed by atoms with van der Waals surface area (Å²) >= 11 is 10.1. The molecule has 4 nitrogen and oxygen atoms in total. The minimum Gasteiger partial charge on any atom is -0.456 e. The third kappa shape index (κ3) is 3.59. The van der Waals surface area contributed by atoms with E-state index in [0.717, 1.165) is 10.0 Å². The van der Waals surface area contributed by atoms with Gasteiger partial charge in [0.2, 0.25) is 0 Å². The first-order chi connectivity index (χ1) is 9.51. The van der Waals surface area contributed by atoms with Gasteiger partial charge in [-0.1, -0.05) is 31.9 Å². The minimum atomic E-state index is -0.452. The first-order valence-corrected chi connectivity index (χ1v) is 8.18. The van der Waals surface area contributed by atoms with Gasteiger partial charge in [0.05, 0.1) is 15.5 Å². The standard InChI is InChI=1S/C13H8Br3NO3/c14-7-8-5-9(15)1-4-12(8)20-13-6-10(17(18)19)2-3-11(13)16/h1-6H,7H2. The van der Waals surface area contributed by atoms with E-state index >= 15 is 0 Å². The van der Waals surface area contributed by atoms with Gasteiger partial charge in [-0.3, -0.25) is 10.1 Å². The molecule has 0 unspecified atom stereocenters. The Balaban J connectivity index is 2.39. The Hall–Kier alpha value is -0.920. The fraction of sp³-hybridized carbons (Fsp3) is 0.0769. The summed E-state index contributed by atoms with van der Waals surface area (Å²) in [4.78, 5) is 10.4. The second-order valence-corrected chi connectivity index (χ2v) is 6.19. The first-order valence-electron chi connectivity index (χ1n) is 5.47. The highest BCUT2D eigenvalue weighted by atomic mass is 79.9. The molecule has 0 heterocycles.